The largest absolute Gasteiger partial charge is 0.390 e. The van der Waals surface area contributed by atoms with E-state index in [0.29, 0.717) is 0 Å². The Balaban J connectivity index is 2.76. The van der Waals surface area contributed by atoms with Gasteiger partial charge >= 0.3 is 0 Å². The maximum atomic E-state index is 9.35. The predicted octanol–water partition coefficient (Wildman–Crippen LogP) is 1.92. The molecule has 4 heteroatoms. The Bertz CT molecular complexity index is 234. The van der Waals surface area contributed by atoms with Crippen LogP contribution in [0.2, 0.25) is 0 Å². The van der Waals surface area contributed by atoms with Crippen LogP contribution in [-0.2, 0) is 0 Å². The molecule has 11 heavy (non-hydrogen) atoms. The first-order valence-electron chi connectivity index (χ1n) is 3.21. The van der Waals surface area contributed by atoms with Gasteiger partial charge in [0.15, 0.2) is 0 Å². The highest BCUT2D eigenvalue weighted by molar-refractivity contribution is 9.10. The molecular formula is C7H9BrO2S. The molecule has 1 aromatic rings. The fourth-order valence-electron chi connectivity index (χ4n) is 0.721. The van der Waals surface area contributed by atoms with E-state index in [1.165, 1.54) is 11.3 Å². The molecule has 0 spiro atoms. The number of aliphatic hydroxyl groups is 2. The lowest BCUT2D eigenvalue weighted by molar-refractivity contribution is 0.0328. The summed E-state index contributed by atoms with van der Waals surface area (Å²) in [6.45, 7) is 1.57. The molecule has 0 aromatic carbocycles. The van der Waals surface area contributed by atoms with Gasteiger partial charge in [-0.1, -0.05) is 0 Å². The molecule has 0 saturated heterocycles. The van der Waals surface area contributed by atoms with Gasteiger partial charge in [-0.3, -0.25) is 0 Å². The molecule has 1 heterocycles. The standard InChI is InChI=1S/C7H9BrO2S/c1-4(9)7(10)6-2-5(8)3-11-6/h2-4,7,9-10H,1H3. The van der Waals surface area contributed by atoms with Gasteiger partial charge in [0.2, 0.25) is 0 Å². The summed E-state index contributed by atoms with van der Waals surface area (Å²) in [7, 11) is 0. The first kappa shape index (κ1) is 9.19. The molecule has 0 aliphatic carbocycles. The summed E-state index contributed by atoms with van der Waals surface area (Å²) in [6.07, 6.45) is -1.47. The Labute approximate surface area is 77.6 Å². The van der Waals surface area contributed by atoms with Gasteiger partial charge in [-0.15, -0.1) is 11.3 Å². The Kier molecular flexibility index (Phi) is 3.06. The Morgan fingerprint density at radius 3 is 2.55 bits per heavy atom. The van der Waals surface area contributed by atoms with Crippen LogP contribution in [0.1, 0.15) is 17.9 Å². The van der Waals surface area contributed by atoms with Crippen molar-refractivity contribution in [3.8, 4) is 0 Å². The Hall–Kier alpha value is 0.1000. The topological polar surface area (TPSA) is 40.5 Å². The first-order chi connectivity index (χ1) is 5.11. The van der Waals surface area contributed by atoms with E-state index in [2.05, 4.69) is 15.9 Å². The summed E-state index contributed by atoms with van der Waals surface area (Å²) in [4.78, 5) is 0.784. The zero-order valence-electron chi connectivity index (χ0n) is 5.99. The molecule has 2 atom stereocenters. The monoisotopic (exact) mass is 236 g/mol. The minimum atomic E-state index is -0.758. The number of hydrogen-bond donors (Lipinski definition) is 2. The zero-order valence-corrected chi connectivity index (χ0v) is 8.39. The SMILES string of the molecule is CC(O)C(O)c1cc(Br)cs1. The second-order valence-corrected chi connectivity index (χ2v) is 4.21. The van der Waals surface area contributed by atoms with Crippen LogP contribution in [0.25, 0.3) is 0 Å². The quantitative estimate of drug-likeness (QED) is 0.824. The van der Waals surface area contributed by atoms with Gasteiger partial charge in [-0.05, 0) is 28.9 Å². The van der Waals surface area contributed by atoms with Crippen LogP contribution in [0.5, 0.6) is 0 Å². The summed E-state index contributed by atoms with van der Waals surface area (Å²) in [5.74, 6) is 0. The molecule has 2 N–H and O–H groups in total. The Morgan fingerprint density at radius 2 is 2.18 bits per heavy atom. The van der Waals surface area contributed by atoms with Crippen molar-refractivity contribution in [3.05, 3.63) is 20.8 Å². The second-order valence-electron chi connectivity index (χ2n) is 2.35. The van der Waals surface area contributed by atoms with Gasteiger partial charge in [-0.25, -0.2) is 0 Å². The third kappa shape index (κ3) is 2.27. The average Bonchev–Trinajstić information content (AvgIpc) is 2.34. The lowest BCUT2D eigenvalue weighted by Gasteiger charge is -2.10. The van der Waals surface area contributed by atoms with Crippen molar-refractivity contribution in [2.45, 2.75) is 19.1 Å². The van der Waals surface area contributed by atoms with E-state index in [1.807, 2.05) is 11.4 Å². The van der Waals surface area contributed by atoms with Crippen LogP contribution < -0.4 is 0 Å². The fourth-order valence-corrected chi connectivity index (χ4v) is 2.25. The molecule has 0 aliphatic heterocycles. The molecule has 0 bridgehead atoms. The number of hydrogen-bond acceptors (Lipinski definition) is 3. The van der Waals surface area contributed by atoms with Crippen molar-refractivity contribution < 1.29 is 10.2 Å². The van der Waals surface area contributed by atoms with Gasteiger partial charge in [0.05, 0.1) is 6.10 Å². The van der Waals surface area contributed by atoms with Crippen LogP contribution in [0.4, 0.5) is 0 Å². The summed E-state index contributed by atoms with van der Waals surface area (Å²) in [5, 5.41) is 20.3. The number of rotatable bonds is 2. The van der Waals surface area contributed by atoms with Crippen molar-refractivity contribution in [2.24, 2.45) is 0 Å². The molecule has 0 fully saturated rings. The number of aliphatic hydroxyl groups excluding tert-OH is 2. The maximum Gasteiger partial charge on any atom is 0.114 e. The number of halogens is 1. The minimum absolute atomic E-state index is 0.708. The van der Waals surface area contributed by atoms with E-state index in [1.54, 1.807) is 6.92 Å². The minimum Gasteiger partial charge on any atom is -0.390 e. The molecule has 0 amide bonds. The molecule has 1 rings (SSSR count). The molecule has 2 unspecified atom stereocenters. The highest BCUT2D eigenvalue weighted by atomic mass is 79.9. The molecule has 0 aliphatic rings. The van der Waals surface area contributed by atoms with Gasteiger partial charge in [0.25, 0.3) is 0 Å². The van der Waals surface area contributed by atoms with E-state index in [9.17, 15) is 5.11 Å². The van der Waals surface area contributed by atoms with Crippen molar-refractivity contribution >= 4 is 27.3 Å². The molecule has 0 radical (unpaired) electrons. The third-order valence-electron chi connectivity index (χ3n) is 1.34. The lowest BCUT2D eigenvalue weighted by atomic mass is 10.2. The van der Waals surface area contributed by atoms with Crippen molar-refractivity contribution in [1.82, 2.24) is 0 Å². The predicted molar refractivity (Wildman–Crippen MR) is 48.7 cm³/mol. The third-order valence-corrected chi connectivity index (χ3v) is 3.10. The zero-order chi connectivity index (χ0) is 8.43. The second kappa shape index (κ2) is 3.67. The van der Waals surface area contributed by atoms with Crippen LogP contribution in [0.15, 0.2) is 15.9 Å². The summed E-state index contributed by atoms with van der Waals surface area (Å²) in [5.41, 5.74) is 0. The van der Waals surface area contributed by atoms with Gasteiger partial charge in [0, 0.05) is 14.7 Å². The molecule has 2 nitrogen and oxygen atoms in total. The van der Waals surface area contributed by atoms with Gasteiger partial charge in [0.1, 0.15) is 6.10 Å². The fraction of sp³-hybridized carbons (Fsp3) is 0.429. The van der Waals surface area contributed by atoms with Crippen LogP contribution >= 0.6 is 27.3 Å². The van der Waals surface area contributed by atoms with Crippen LogP contribution in [0, 0.1) is 0 Å². The van der Waals surface area contributed by atoms with Crippen molar-refractivity contribution in [1.29, 1.82) is 0 Å². The normalized spacial score (nSPS) is 16.4. The van der Waals surface area contributed by atoms with E-state index in [4.69, 9.17) is 5.11 Å². The summed E-state index contributed by atoms with van der Waals surface area (Å²) in [6, 6.07) is 1.81. The van der Waals surface area contributed by atoms with E-state index in [0.717, 1.165) is 9.35 Å². The number of thiophene rings is 1. The van der Waals surface area contributed by atoms with Gasteiger partial charge in [-0.2, -0.15) is 0 Å². The molecule has 1 aromatic heterocycles. The van der Waals surface area contributed by atoms with Gasteiger partial charge < -0.3 is 10.2 Å². The average molecular weight is 237 g/mol. The van der Waals surface area contributed by atoms with E-state index >= 15 is 0 Å². The summed E-state index contributed by atoms with van der Waals surface area (Å²) >= 11 is 4.70. The Morgan fingerprint density at radius 1 is 1.55 bits per heavy atom. The highest BCUT2D eigenvalue weighted by Crippen LogP contribution is 2.27. The first-order valence-corrected chi connectivity index (χ1v) is 4.88. The van der Waals surface area contributed by atoms with Crippen LogP contribution in [0.3, 0.4) is 0 Å². The van der Waals surface area contributed by atoms with E-state index in [-0.39, 0.29) is 0 Å². The maximum absolute atomic E-state index is 9.35. The van der Waals surface area contributed by atoms with Crippen molar-refractivity contribution in [3.63, 3.8) is 0 Å². The van der Waals surface area contributed by atoms with Crippen LogP contribution in [-0.4, -0.2) is 16.3 Å². The lowest BCUT2D eigenvalue weighted by Crippen LogP contribution is -2.12. The smallest absolute Gasteiger partial charge is 0.114 e. The molecule has 0 saturated carbocycles. The molecular weight excluding hydrogens is 228 g/mol. The van der Waals surface area contributed by atoms with Crippen molar-refractivity contribution in [2.75, 3.05) is 0 Å². The highest BCUT2D eigenvalue weighted by Gasteiger charge is 2.14. The summed E-state index contributed by atoms with van der Waals surface area (Å²) < 4.78 is 0.942. The molecule has 62 valence electrons. The van der Waals surface area contributed by atoms with E-state index < -0.39 is 12.2 Å².